The number of carboxylic acids is 4. The third kappa shape index (κ3) is 35.3. The van der Waals surface area contributed by atoms with E-state index < -0.39 is 202 Å². The predicted molar refractivity (Wildman–Crippen MR) is 401 cm³/mol. The van der Waals surface area contributed by atoms with Crippen LogP contribution in [0.4, 0.5) is 0 Å². The van der Waals surface area contributed by atoms with Gasteiger partial charge in [0, 0.05) is 191 Å². The maximum absolute atomic E-state index is 14.0. The quantitative estimate of drug-likeness (QED) is 0.0319. The van der Waals surface area contributed by atoms with E-state index in [1.54, 1.807) is 38.3 Å². The molecule has 0 aliphatic carbocycles. The summed E-state index contributed by atoms with van der Waals surface area (Å²) in [6.45, 7) is 0.746. The Kier molecular flexibility index (Phi) is 40.7. The number of rotatable bonds is 44. The minimum atomic E-state index is -1.35. The van der Waals surface area contributed by atoms with E-state index in [1.807, 2.05) is 6.92 Å². The maximum atomic E-state index is 14.0. The number of nitrogens with one attached hydrogen (secondary N) is 3. The van der Waals surface area contributed by atoms with Crippen molar-refractivity contribution in [1.82, 2.24) is 94.1 Å². The number of aliphatic carboxylic acids is 4. The lowest BCUT2D eigenvalue weighted by molar-refractivity contribution is -0.146. The van der Waals surface area contributed by atoms with Crippen LogP contribution in [-0.4, -0.2) is 456 Å². The summed E-state index contributed by atoms with van der Waals surface area (Å²) in [5.74, 6) is -16.7. The van der Waals surface area contributed by atoms with Gasteiger partial charge in [-0.2, -0.15) is 0 Å². The van der Waals surface area contributed by atoms with E-state index >= 15 is 0 Å². The summed E-state index contributed by atoms with van der Waals surface area (Å²) in [7, 11) is 12.8. The monoisotopic (exact) mass is 1600 g/mol. The Hall–Kier alpha value is -10.6. The van der Waals surface area contributed by atoms with Gasteiger partial charge in [0.1, 0.15) is 5.78 Å². The van der Waals surface area contributed by atoms with Crippen molar-refractivity contribution in [3.8, 4) is 0 Å². The van der Waals surface area contributed by atoms with Gasteiger partial charge in [-0.15, -0.1) is 0 Å². The molecule has 2 fully saturated rings. The van der Waals surface area contributed by atoms with Crippen molar-refractivity contribution in [2.24, 2.45) is 17.8 Å². The normalized spacial score (nSPS) is 15.3. The van der Waals surface area contributed by atoms with Gasteiger partial charge < -0.3 is 89.9 Å². The zero-order chi connectivity index (χ0) is 85.3. The topological polar surface area (TPSA) is 507 Å². The highest BCUT2D eigenvalue weighted by molar-refractivity contribution is 5.98. The lowest BCUT2D eigenvalue weighted by atomic mass is 9.82. The molecule has 1 aromatic heterocycles. The number of aromatic amines is 1. The summed E-state index contributed by atoms with van der Waals surface area (Å²) in [6.07, 6.45) is 2.42. The first-order valence-electron chi connectivity index (χ1n) is 36.9. The van der Waals surface area contributed by atoms with Crippen molar-refractivity contribution in [2.45, 2.75) is 77.8 Å². The van der Waals surface area contributed by atoms with Crippen molar-refractivity contribution in [2.75, 3.05) is 228 Å². The molecule has 3 heterocycles. The van der Waals surface area contributed by atoms with Crippen LogP contribution in [0, 0.1) is 17.8 Å². The molecule has 2 aliphatic rings. The first kappa shape index (κ1) is 96.6. The summed E-state index contributed by atoms with van der Waals surface area (Å²) >= 11 is 0. The van der Waals surface area contributed by atoms with Gasteiger partial charge in [0.2, 0.25) is 76.8 Å². The molecule has 42 nitrogen and oxygen atoms in total. The maximum Gasteiger partial charge on any atom is 0.317 e. The molecule has 1 aromatic rings. The van der Waals surface area contributed by atoms with Crippen molar-refractivity contribution < 1.29 is 112 Å². The highest BCUT2D eigenvalue weighted by Gasteiger charge is 2.38. The van der Waals surface area contributed by atoms with Gasteiger partial charge in [0.15, 0.2) is 5.78 Å². The molecule has 4 atom stereocenters. The Bertz CT molecular complexity index is 3500. The Labute approximate surface area is 656 Å². The number of likely N-dealkylation sites (tertiary alicyclic amines) is 1. The number of Topliss-reactive ketones (excluding diaryl/α,β-unsaturated/α-hetero) is 2. The first-order chi connectivity index (χ1) is 52.8. The van der Waals surface area contributed by atoms with Crippen LogP contribution in [0.5, 0.6) is 0 Å². The standard InChI is InChI=1S/C71H115N19O23/c1-47(2)51(71(113)90-18-14-15-48(90)3)30-53(91)49(28-67(105)106)27-54(92)52(29-50-31-72-46-74-50)75-56(94)32-76(4)58(96)35-78(6)60(98)37-80(8)62(100)39-82(10)64(102)41-84(12)66(104)42-85(13)65(103)40-83(11)63(101)38-81(9)61(99)36-79(7)59(97)34-77(5)57(95)16-17-73-55(93)33-86-19-21-87(43-68(107)108)23-25-89(45-70(111)112)26-24-88(22-20-86)44-69(109)110/h31,46-49,51-52H,14-30,32-45H2,1-13H3,(H,72,74)(H,73,93)(H,75,94)(H,105,106)(H,107,108)(H,109,110)(H,111,112)/t48-,49-,51+,52+/m0/s1. The van der Waals surface area contributed by atoms with Gasteiger partial charge in [-0.3, -0.25) is 111 Å². The van der Waals surface area contributed by atoms with Gasteiger partial charge in [0.05, 0.1) is 110 Å². The number of hydrogen-bond donors (Lipinski definition) is 7. The average Bonchev–Trinajstić information content (AvgIpc) is 1.82. The molecule has 13 amide bonds. The molecule has 632 valence electrons. The summed E-state index contributed by atoms with van der Waals surface area (Å²) in [4.78, 5) is 272. The number of H-pyrrole nitrogens is 1. The molecule has 0 radical (unpaired) electrons. The zero-order valence-corrected chi connectivity index (χ0v) is 67.2. The summed E-state index contributed by atoms with van der Waals surface area (Å²) in [5.41, 5.74) is 0.410. The van der Waals surface area contributed by atoms with E-state index in [1.165, 1.54) is 83.0 Å². The van der Waals surface area contributed by atoms with Crippen LogP contribution in [0.15, 0.2) is 12.5 Å². The number of likely N-dealkylation sites (N-methyl/N-ethyl adjacent to an activating group) is 10. The molecule has 0 saturated carbocycles. The smallest absolute Gasteiger partial charge is 0.317 e. The number of nitrogens with zero attached hydrogens (tertiary/aromatic N) is 16. The molecule has 7 N–H and O–H groups in total. The van der Waals surface area contributed by atoms with E-state index in [2.05, 4.69) is 20.6 Å². The molecular formula is C71H115N19O23. The second-order valence-electron chi connectivity index (χ2n) is 29.3. The lowest BCUT2D eigenvalue weighted by Gasteiger charge is -2.32. The number of carboxylic acid groups (broad SMARTS) is 4. The third-order valence-corrected chi connectivity index (χ3v) is 19.4. The summed E-state index contributed by atoms with van der Waals surface area (Å²) in [5, 5.41) is 43.4. The largest absolute Gasteiger partial charge is 0.481 e. The van der Waals surface area contributed by atoms with Crippen LogP contribution in [0.2, 0.25) is 0 Å². The highest BCUT2D eigenvalue weighted by Crippen LogP contribution is 2.28. The molecule has 42 heteroatoms. The van der Waals surface area contributed by atoms with Crippen LogP contribution in [-0.2, 0) is 97.5 Å². The summed E-state index contributed by atoms with van der Waals surface area (Å²) in [6, 6.07) is -1.34. The molecule has 0 aromatic carbocycles. The number of aromatic nitrogens is 2. The van der Waals surface area contributed by atoms with Gasteiger partial charge >= 0.3 is 23.9 Å². The zero-order valence-electron chi connectivity index (χ0n) is 67.2. The summed E-state index contributed by atoms with van der Waals surface area (Å²) < 4.78 is 0. The number of imidazole rings is 1. The molecule has 0 bridgehead atoms. The van der Waals surface area contributed by atoms with Crippen LogP contribution in [0.1, 0.15) is 65.0 Å². The number of carbonyl (C=O) groups is 19. The molecule has 113 heavy (non-hydrogen) atoms. The van der Waals surface area contributed by atoms with Crippen molar-refractivity contribution in [1.29, 1.82) is 0 Å². The molecule has 3 rings (SSSR count). The fraction of sp³-hybridized carbons (Fsp3) is 0.690. The van der Waals surface area contributed by atoms with E-state index in [4.69, 9.17) is 0 Å². The van der Waals surface area contributed by atoms with Gasteiger partial charge in [0.25, 0.3) is 0 Å². The molecule has 0 spiro atoms. The number of hydrogen-bond acceptors (Lipinski definition) is 24. The fourth-order valence-electron chi connectivity index (χ4n) is 12.0. The molecular weight excluding hydrogens is 1490 g/mol. The van der Waals surface area contributed by atoms with E-state index in [0.29, 0.717) is 12.2 Å². The van der Waals surface area contributed by atoms with Crippen LogP contribution in [0.3, 0.4) is 0 Å². The van der Waals surface area contributed by atoms with Crippen LogP contribution in [0.25, 0.3) is 0 Å². The highest BCUT2D eigenvalue weighted by atomic mass is 16.4. The van der Waals surface area contributed by atoms with Crippen LogP contribution >= 0.6 is 0 Å². The Morgan fingerprint density at radius 1 is 0.434 bits per heavy atom. The third-order valence-electron chi connectivity index (χ3n) is 19.4. The first-order valence-corrected chi connectivity index (χ1v) is 36.9. The van der Waals surface area contributed by atoms with Crippen LogP contribution < -0.4 is 10.6 Å². The van der Waals surface area contributed by atoms with Crippen molar-refractivity contribution in [3.63, 3.8) is 0 Å². The minimum absolute atomic E-state index is 0.0200. The number of ketones is 2. The van der Waals surface area contributed by atoms with Gasteiger partial charge in [-0.25, -0.2) is 4.98 Å². The van der Waals surface area contributed by atoms with Gasteiger partial charge in [-0.05, 0) is 25.7 Å². The van der Waals surface area contributed by atoms with Crippen molar-refractivity contribution >= 4 is 112 Å². The van der Waals surface area contributed by atoms with E-state index in [9.17, 15) is 112 Å². The second-order valence-corrected chi connectivity index (χ2v) is 29.3. The Morgan fingerprint density at radius 2 is 0.770 bits per heavy atom. The molecule has 0 unspecified atom stereocenters. The molecule has 2 aliphatic heterocycles. The Balaban J connectivity index is 1.42. The number of amides is 13. The fourth-order valence-corrected chi connectivity index (χ4v) is 12.0. The average molecular weight is 1600 g/mol. The van der Waals surface area contributed by atoms with E-state index in [0.717, 1.165) is 61.8 Å². The molecule has 2 saturated heterocycles. The van der Waals surface area contributed by atoms with E-state index in [-0.39, 0.29) is 122 Å². The predicted octanol–water partition coefficient (Wildman–Crippen LogP) is -6.70. The lowest BCUT2D eigenvalue weighted by Crippen LogP contribution is -2.50. The Morgan fingerprint density at radius 3 is 1.07 bits per heavy atom. The van der Waals surface area contributed by atoms with Crippen molar-refractivity contribution in [3.05, 3.63) is 18.2 Å². The van der Waals surface area contributed by atoms with Gasteiger partial charge in [-0.1, -0.05) is 13.8 Å². The SMILES string of the molecule is CC(C)[C@@H](CC(=O)[C@H](CC(=O)O)CC(=O)[C@@H](Cc1cnc[nH]1)NC(=O)CN(C)C(=O)CN(C)C(=O)CN(C)C(=O)CN(C)C(=O)CN(C)C(=O)CN(C)C(=O)CN(C)C(=O)CN(C)C(=O)CN(C)C(=O)CN(C)C(=O)CCNC(=O)CN1CCN(CC(=O)O)CCN(CC(=O)O)CCN(CC(=O)O)CC1)C(=O)N1CCC[C@@H]1C. The minimum Gasteiger partial charge on any atom is -0.481 e. The number of carbonyl (C=O) groups excluding carboxylic acids is 15. The second kappa shape index (κ2) is 47.7.